The van der Waals surface area contributed by atoms with Gasteiger partial charge in [0.1, 0.15) is 0 Å². The predicted molar refractivity (Wildman–Crippen MR) is 61.5 cm³/mol. The van der Waals surface area contributed by atoms with Crippen molar-refractivity contribution in [2.45, 2.75) is 44.8 Å². The molecule has 4 unspecified atom stereocenters. The molecule has 3 heteroatoms. The van der Waals surface area contributed by atoms with Crippen molar-refractivity contribution >= 4 is 0 Å². The molecule has 3 N–H and O–H groups in total. The summed E-state index contributed by atoms with van der Waals surface area (Å²) in [7, 11) is 0. The minimum absolute atomic E-state index is 0.0321. The molecule has 2 fully saturated rings. The van der Waals surface area contributed by atoms with Crippen LogP contribution in [0.1, 0.15) is 32.6 Å². The first-order valence-corrected chi connectivity index (χ1v) is 6.38. The van der Waals surface area contributed by atoms with Crippen molar-refractivity contribution in [2.24, 2.45) is 17.6 Å². The molecule has 0 bridgehead atoms. The van der Waals surface area contributed by atoms with Crippen LogP contribution < -0.4 is 5.73 Å². The lowest BCUT2D eigenvalue weighted by Gasteiger charge is -2.27. The Hall–Kier alpha value is -0.120. The summed E-state index contributed by atoms with van der Waals surface area (Å²) in [5, 5.41) is 9.85. The average molecular weight is 212 g/mol. The highest BCUT2D eigenvalue weighted by Gasteiger charge is 2.42. The molecular weight excluding hydrogens is 188 g/mol. The van der Waals surface area contributed by atoms with E-state index in [2.05, 4.69) is 11.8 Å². The second-order valence-electron chi connectivity index (χ2n) is 5.16. The summed E-state index contributed by atoms with van der Waals surface area (Å²) in [5.74, 6) is 1.31. The van der Waals surface area contributed by atoms with Crippen LogP contribution in [0.2, 0.25) is 0 Å². The minimum atomic E-state index is -0.0321. The number of hydrogen-bond donors (Lipinski definition) is 2. The van der Waals surface area contributed by atoms with Gasteiger partial charge >= 0.3 is 0 Å². The number of aliphatic hydroxyl groups excluding tert-OH is 1. The van der Waals surface area contributed by atoms with E-state index < -0.39 is 0 Å². The second kappa shape index (κ2) is 4.81. The lowest BCUT2D eigenvalue weighted by molar-refractivity contribution is 0.116. The van der Waals surface area contributed by atoms with Gasteiger partial charge in [-0.1, -0.05) is 6.92 Å². The molecule has 0 aromatic heterocycles. The number of nitrogens with zero attached hydrogens (tertiary/aromatic N) is 1. The molecule has 15 heavy (non-hydrogen) atoms. The molecule has 0 radical (unpaired) electrons. The predicted octanol–water partition coefficient (Wildman–Crippen LogP) is 0.817. The lowest BCUT2D eigenvalue weighted by atomic mass is 10.00. The van der Waals surface area contributed by atoms with E-state index in [1.54, 1.807) is 0 Å². The van der Waals surface area contributed by atoms with Crippen LogP contribution in [0.4, 0.5) is 0 Å². The quantitative estimate of drug-likeness (QED) is 0.725. The summed E-state index contributed by atoms with van der Waals surface area (Å²) >= 11 is 0. The largest absolute Gasteiger partial charge is 0.393 e. The zero-order valence-corrected chi connectivity index (χ0v) is 9.73. The van der Waals surface area contributed by atoms with Crippen LogP contribution in [0.5, 0.6) is 0 Å². The molecule has 0 amide bonds. The van der Waals surface area contributed by atoms with E-state index in [0.717, 1.165) is 31.8 Å². The molecule has 3 nitrogen and oxygen atoms in total. The molecule has 2 aliphatic rings. The molecule has 0 aromatic rings. The summed E-state index contributed by atoms with van der Waals surface area (Å²) in [6, 6.07) is 0.646. The zero-order chi connectivity index (χ0) is 10.8. The summed E-state index contributed by atoms with van der Waals surface area (Å²) in [4.78, 5) is 2.56. The van der Waals surface area contributed by atoms with E-state index in [-0.39, 0.29) is 6.10 Å². The Labute approximate surface area is 92.6 Å². The van der Waals surface area contributed by atoms with Crippen LogP contribution in [-0.2, 0) is 0 Å². The van der Waals surface area contributed by atoms with Crippen molar-refractivity contribution in [1.29, 1.82) is 0 Å². The Morgan fingerprint density at radius 2 is 2.20 bits per heavy atom. The summed E-state index contributed by atoms with van der Waals surface area (Å²) in [6.45, 7) is 5.32. The van der Waals surface area contributed by atoms with Gasteiger partial charge in [0.25, 0.3) is 0 Å². The summed E-state index contributed by atoms with van der Waals surface area (Å²) in [6.07, 6.45) is 4.51. The van der Waals surface area contributed by atoms with Gasteiger partial charge in [-0.05, 0) is 38.1 Å². The fourth-order valence-electron chi connectivity index (χ4n) is 3.41. The molecule has 0 spiro atoms. The minimum Gasteiger partial charge on any atom is -0.393 e. The Bertz CT molecular complexity index is 210. The smallest absolute Gasteiger partial charge is 0.0583 e. The average Bonchev–Trinajstić information content (AvgIpc) is 2.78. The third-order valence-electron chi connectivity index (χ3n) is 4.33. The van der Waals surface area contributed by atoms with E-state index >= 15 is 0 Å². The zero-order valence-electron chi connectivity index (χ0n) is 9.73. The number of hydrogen-bond acceptors (Lipinski definition) is 3. The third-order valence-corrected chi connectivity index (χ3v) is 4.33. The first-order chi connectivity index (χ1) is 7.26. The monoisotopic (exact) mass is 212 g/mol. The molecule has 1 heterocycles. The van der Waals surface area contributed by atoms with Gasteiger partial charge in [-0.2, -0.15) is 0 Å². The number of nitrogens with two attached hydrogens (primary N) is 1. The van der Waals surface area contributed by atoms with Gasteiger partial charge in [-0.3, -0.25) is 4.90 Å². The number of rotatable bonds is 4. The summed E-state index contributed by atoms with van der Waals surface area (Å²) < 4.78 is 0. The maximum atomic E-state index is 9.85. The van der Waals surface area contributed by atoms with Gasteiger partial charge in [0.05, 0.1) is 6.10 Å². The normalized spacial score (nSPS) is 38.2. The van der Waals surface area contributed by atoms with Gasteiger partial charge in [0.2, 0.25) is 0 Å². The second-order valence-corrected chi connectivity index (χ2v) is 5.16. The Balaban J connectivity index is 1.91. The molecule has 1 saturated heterocycles. The highest BCUT2D eigenvalue weighted by Crippen LogP contribution is 2.39. The first kappa shape index (κ1) is 11.4. The maximum absolute atomic E-state index is 9.85. The highest BCUT2D eigenvalue weighted by atomic mass is 16.3. The number of likely N-dealkylation sites (tertiary alicyclic amines) is 1. The first-order valence-electron chi connectivity index (χ1n) is 6.38. The molecule has 1 saturated carbocycles. The molecular formula is C12H24N2O. The molecule has 0 aromatic carbocycles. The molecule has 1 aliphatic heterocycles. The van der Waals surface area contributed by atoms with E-state index in [9.17, 15) is 5.11 Å². The Morgan fingerprint density at radius 3 is 2.80 bits per heavy atom. The van der Waals surface area contributed by atoms with Crippen LogP contribution in [-0.4, -0.2) is 41.8 Å². The van der Waals surface area contributed by atoms with Crippen molar-refractivity contribution in [3.8, 4) is 0 Å². The fraction of sp³-hybridized carbons (Fsp3) is 1.00. The standard InChI is InChI=1S/C12H24N2O/c1-2-10(5-6-13)14-7-9-3-4-12(15)11(9)8-14/h9-12,15H,2-8,13H2,1H3. The van der Waals surface area contributed by atoms with Crippen LogP contribution in [0, 0.1) is 11.8 Å². The van der Waals surface area contributed by atoms with Crippen molar-refractivity contribution in [3.05, 3.63) is 0 Å². The van der Waals surface area contributed by atoms with E-state index in [4.69, 9.17) is 5.73 Å². The van der Waals surface area contributed by atoms with E-state index in [0.29, 0.717) is 12.0 Å². The summed E-state index contributed by atoms with van der Waals surface area (Å²) in [5.41, 5.74) is 5.64. The molecule has 1 aliphatic carbocycles. The van der Waals surface area contributed by atoms with Gasteiger partial charge in [0, 0.05) is 25.0 Å². The molecule has 88 valence electrons. The van der Waals surface area contributed by atoms with Gasteiger partial charge in [0.15, 0.2) is 0 Å². The SMILES string of the molecule is CCC(CCN)N1CC2CCC(O)C2C1. The Kier molecular flexibility index (Phi) is 3.65. The van der Waals surface area contributed by atoms with Gasteiger partial charge < -0.3 is 10.8 Å². The maximum Gasteiger partial charge on any atom is 0.0583 e. The van der Waals surface area contributed by atoms with Gasteiger partial charge in [-0.25, -0.2) is 0 Å². The van der Waals surface area contributed by atoms with Crippen molar-refractivity contribution in [2.75, 3.05) is 19.6 Å². The number of aliphatic hydroxyl groups is 1. The molecule has 4 atom stereocenters. The van der Waals surface area contributed by atoms with Crippen LogP contribution in [0.25, 0.3) is 0 Å². The Morgan fingerprint density at radius 1 is 1.40 bits per heavy atom. The third kappa shape index (κ3) is 2.19. The van der Waals surface area contributed by atoms with E-state index in [1.807, 2.05) is 0 Å². The van der Waals surface area contributed by atoms with Crippen LogP contribution >= 0.6 is 0 Å². The fourth-order valence-corrected chi connectivity index (χ4v) is 3.41. The number of fused-ring (bicyclic) bond motifs is 1. The van der Waals surface area contributed by atoms with Gasteiger partial charge in [-0.15, -0.1) is 0 Å². The van der Waals surface area contributed by atoms with E-state index in [1.165, 1.54) is 19.4 Å². The van der Waals surface area contributed by atoms with Crippen molar-refractivity contribution < 1.29 is 5.11 Å². The van der Waals surface area contributed by atoms with Crippen molar-refractivity contribution in [1.82, 2.24) is 4.90 Å². The highest BCUT2D eigenvalue weighted by molar-refractivity contribution is 4.95. The van der Waals surface area contributed by atoms with Crippen LogP contribution in [0.3, 0.4) is 0 Å². The lowest BCUT2D eigenvalue weighted by Crippen LogP contribution is -2.36. The van der Waals surface area contributed by atoms with Crippen molar-refractivity contribution in [3.63, 3.8) is 0 Å². The molecule has 2 rings (SSSR count). The topological polar surface area (TPSA) is 49.5 Å². The van der Waals surface area contributed by atoms with Crippen LogP contribution in [0.15, 0.2) is 0 Å².